The molecule has 4 rings (SSSR count). The zero-order chi connectivity index (χ0) is 29.1. The van der Waals surface area contributed by atoms with E-state index >= 15 is 0 Å². The zero-order valence-corrected chi connectivity index (χ0v) is 24.0. The molecule has 0 bridgehead atoms. The Bertz CT molecular complexity index is 1070. The van der Waals surface area contributed by atoms with Crippen molar-refractivity contribution in [1.29, 1.82) is 0 Å². The third kappa shape index (κ3) is 5.90. The Morgan fingerprint density at radius 2 is 1.70 bits per heavy atom. The van der Waals surface area contributed by atoms with Gasteiger partial charge >= 0.3 is 11.9 Å². The number of allylic oxidation sites excluding steroid dienone is 1. The fraction of sp³-hybridized carbons (Fsp3) is 0.774. The number of ketones is 2. The molecule has 4 aliphatic rings. The van der Waals surface area contributed by atoms with Crippen molar-refractivity contribution in [1.82, 2.24) is 5.32 Å². The molecular weight excluding hydrogens is 514 g/mol. The topological polar surface area (TPSA) is 147 Å². The first-order valence-corrected chi connectivity index (χ1v) is 15.0. The molecule has 222 valence electrons. The Morgan fingerprint density at radius 1 is 0.950 bits per heavy atom. The standard InChI is InChI=1S/C31H45NO8/c1-29-14-11-21(33)18-20(29)7-8-22-23(29)12-15-30(2)24(22)13-16-31(30,39)25(34)19-40-28(38)10-9-26(35)32-17-5-3-4-6-27(36)37/h18,22-24,39H,3-17,19H2,1-2H3,(H,32,35)(H,36,37)/t22-,23?,24?,29+,30+,31+/m1/s1. The van der Waals surface area contributed by atoms with E-state index in [1.807, 2.05) is 13.0 Å². The lowest BCUT2D eigenvalue weighted by Gasteiger charge is -2.58. The van der Waals surface area contributed by atoms with Crippen molar-refractivity contribution >= 4 is 29.4 Å². The first-order valence-electron chi connectivity index (χ1n) is 15.0. The molecule has 0 saturated heterocycles. The van der Waals surface area contributed by atoms with Crippen molar-refractivity contribution in [3.05, 3.63) is 11.6 Å². The molecule has 0 aromatic heterocycles. The predicted molar refractivity (Wildman–Crippen MR) is 146 cm³/mol. The van der Waals surface area contributed by atoms with Crippen LogP contribution in [0.5, 0.6) is 0 Å². The van der Waals surface area contributed by atoms with Crippen LogP contribution in [0.3, 0.4) is 0 Å². The molecule has 4 aliphatic carbocycles. The molecule has 9 nitrogen and oxygen atoms in total. The van der Waals surface area contributed by atoms with Crippen molar-refractivity contribution in [2.24, 2.45) is 28.6 Å². The summed E-state index contributed by atoms with van der Waals surface area (Å²) in [5.74, 6) is -0.962. The van der Waals surface area contributed by atoms with Gasteiger partial charge < -0.3 is 20.3 Å². The van der Waals surface area contributed by atoms with Crippen LogP contribution in [0.4, 0.5) is 0 Å². The number of fused-ring (bicyclic) bond motifs is 5. The third-order valence-electron chi connectivity index (χ3n) is 10.9. The number of carbonyl (C=O) groups is 5. The highest BCUT2D eigenvalue weighted by Gasteiger charge is 2.66. The van der Waals surface area contributed by atoms with Crippen LogP contribution in [0.2, 0.25) is 0 Å². The van der Waals surface area contributed by atoms with Gasteiger partial charge in [0, 0.05) is 31.2 Å². The number of amides is 1. The molecule has 0 aliphatic heterocycles. The van der Waals surface area contributed by atoms with E-state index in [0.717, 1.165) is 38.5 Å². The summed E-state index contributed by atoms with van der Waals surface area (Å²) in [6.45, 7) is 4.25. The quantitative estimate of drug-likeness (QED) is 0.241. The van der Waals surface area contributed by atoms with Gasteiger partial charge in [-0.3, -0.25) is 24.0 Å². The minimum Gasteiger partial charge on any atom is -0.481 e. The molecule has 9 heteroatoms. The lowest BCUT2D eigenvalue weighted by molar-refractivity contribution is -0.170. The number of carbonyl (C=O) groups excluding carboxylic acids is 4. The summed E-state index contributed by atoms with van der Waals surface area (Å²) in [4.78, 5) is 60.2. The maximum absolute atomic E-state index is 13.3. The molecule has 6 atom stereocenters. The smallest absolute Gasteiger partial charge is 0.306 e. The number of Topliss-reactive ketones (excluding diaryl/α,β-unsaturated/α-hetero) is 1. The Morgan fingerprint density at radius 3 is 2.45 bits per heavy atom. The van der Waals surface area contributed by atoms with E-state index in [2.05, 4.69) is 12.2 Å². The van der Waals surface area contributed by atoms with Gasteiger partial charge in [-0.1, -0.05) is 25.8 Å². The molecule has 2 unspecified atom stereocenters. The van der Waals surface area contributed by atoms with Gasteiger partial charge in [0.15, 0.2) is 12.4 Å². The van der Waals surface area contributed by atoms with Crippen LogP contribution in [0.1, 0.15) is 104 Å². The van der Waals surface area contributed by atoms with Crippen LogP contribution in [0.15, 0.2) is 11.6 Å². The van der Waals surface area contributed by atoms with Crippen molar-refractivity contribution in [3.63, 3.8) is 0 Å². The predicted octanol–water partition coefficient (Wildman–Crippen LogP) is 3.90. The van der Waals surface area contributed by atoms with E-state index in [-0.39, 0.29) is 42.3 Å². The number of aliphatic carboxylic acids is 1. The van der Waals surface area contributed by atoms with Gasteiger partial charge in [-0.15, -0.1) is 0 Å². The van der Waals surface area contributed by atoms with Gasteiger partial charge in [0.25, 0.3) is 0 Å². The summed E-state index contributed by atoms with van der Waals surface area (Å²) < 4.78 is 5.22. The highest BCUT2D eigenvalue weighted by Crippen LogP contribution is 2.67. The average Bonchev–Trinajstić information content (AvgIpc) is 3.19. The number of unbranched alkanes of at least 4 members (excludes halogenated alkanes) is 2. The van der Waals surface area contributed by atoms with Crippen LogP contribution < -0.4 is 5.32 Å². The van der Waals surface area contributed by atoms with E-state index in [9.17, 15) is 29.1 Å². The summed E-state index contributed by atoms with van der Waals surface area (Å²) in [7, 11) is 0. The number of nitrogens with one attached hydrogen (secondary N) is 1. The number of hydrogen-bond donors (Lipinski definition) is 3. The maximum atomic E-state index is 13.3. The Balaban J connectivity index is 1.25. The number of ether oxygens (including phenoxy) is 1. The molecule has 0 radical (unpaired) electrons. The normalized spacial score (nSPS) is 34.6. The summed E-state index contributed by atoms with van der Waals surface area (Å²) >= 11 is 0. The molecule has 3 fully saturated rings. The largest absolute Gasteiger partial charge is 0.481 e. The van der Waals surface area contributed by atoms with E-state index in [4.69, 9.17) is 9.84 Å². The van der Waals surface area contributed by atoms with Crippen molar-refractivity contribution < 1.29 is 38.9 Å². The van der Waals surface area contributed by atoms with Gasteiger partial charge in [-0.25, -0.2) is 0 Å². The minimum atomic E-state index is -1.54. The molecule has 3 saturated carbocycles. The fourth-order valence-electron chi connectivity index (χ4n) is 8.48. The number of aliphatic hydroxyl groups is 1. The van der Waals surface area contributed by atoms with Gasteiger partial charge in [-0.05, 0) is 87.0 Å². The summed E-state index contributed by atoms with van der Waals surface area (Å²) in [5, 5.41) is 23.1. The van der Waals surface area contributed by atoms with Crippen LogP contribution >= 0.6 is 0 Å². The molecule has 0 spiro atoms. The number of hydrogen-bond acceptors (Lipinski definition) is 7. The second-order valence-electron chi connectivity index (χ2n) is 13.0. The van der Waals surface area contributed by atoms with E-state index in [1.54, 1.807) is 0 Å². The van der Waals surface area contributed by atoms with Gasteiger partial charge in [0.1, 0.15) is 5.60 Å². The second-order valence-corrected chi connectivity index (χ2v) is 13.0. The lowest BCUT2D eigenvalue weighted by atomic mass is 9.46. The average molecular weight is 560 g/mol. The Hall–Kier alpha value is -2.55. The molecular formula is C31H45NO8. The summed E-state index contributed by atoms with van der Waals surface area (Å²) in [5.41, 5.74) is -0.815. The van der Waals surface area contributed by atoms with Crippen LogP contribution in [0.25, 0.3) is 0 Å². The molecule has 1 amide bonds. The first kappa shape index (κ1) is 30.4. The summed E-state index contributed by atoms with van der Waals surface area (Å²) in [6, 6.07) is 0. The monoisotopic (exact) mass is 559 g/mol. The first-order chi connectivity index (χ1) is 18.9. The van der Waals surface area contributed by atoms with E-state index in [0.29, 0.717) is 50.5 Å². The molecule has 0 aromatic rings. The second kappa shape index (κ2) is 12.1. The Kier molecular flexibility index (Phi) is 9.22. The highest BCUT2D eigenvalue weighted by molar-refractivity contribution is 5.92. The number of carboxylic acids is 1. The van der Waals surface area contributed by atoms with Crippen LogP contribution in [-0.2, 0) is 28.7 Å². The van der Waals surface area contributed by atoms with Crippen molar-refractivity contribution in [2.45, 2.75) is 109 Å². The SMILES string of the molecule is C[C@]12CCC(=O)C=C1CC[C@@H]1C2CC[C@@]2(C)C1CC[C@]2(O)C(=O)COC(=O)CCC(=O)NCCCCCC(=O)O. The van der Waals surface area contributed by atoms with Gasteiger partial charge in [0.05, 0.1) is 6.42 Å². The van der Waals surface area contributed by atoms with E-state index in [1.165, 1.54) is 5.57 Å². The van der Waals surface area contributed by atoms with E-state index < -0.39 is 35.3 Å². The van der Waals surface area contributed by atoms with Crippen LogP contribution in [0, 0.1) is 28.6 Å². The molecule has 3 N–H and O–H groups in total. The Labute approximate surface area is 236 Å². The number of esters is 1. The highest BCUT2D eigenvalue weighted by atomic mass is 16.5. The molecule has 0 aromatic carbocycles. The van der Waals surface area contributed by atoms with Crippen molar-refractivity contribution in [3.8, 4) is 0 Å². The third-order valence-corrected chi connectivity index (χ3v) is 10.9. The molecule has 40 heavy (non-hydrogen) atoms. The minimum absolute atomic E-state index is 0.0189. The van der Waals surface area contributed by atoms with Gasteiger partial charge in [-0.2, -0.15) is 0 Å². The van der Waals surface area contributed by atoms with Gasteiger partial charge in [0.2, 0.25) is 11.7 Å². The lowest BCUT2D eigenvalue weighted by Crippen LogP contribution is -2.58. The van der Waals surface area contributed by atoms with Crippen LogP contribution in [-0.4, -0.2) is 58.4 Å². The zero-order valence-electron chi connectivity index (χ0n) is 24.0. The molecule has 0 heterocycles. The maximum Gasteiger partial charge on any atom is 0.306 e. The number of rotatable bonds is 12. The van der Waals surface area contributed by atoms with Crippen molar-refractivity contribution in [2.75, 3.05) is 13.2 Å². The number of carboxylic acid groups (broad SMARTS) is 1. The summed E-state index contributed by atoms with van der Waals surface area (Å²) in [6.07, 6.45) is 9.79. The fourth-order valence-corrected chi connectivity index (χ4v) is 8.48.